The van der Waals surface area contributed by atoms with Gasteiger partial charge in [-0.3, -0.25) is 13.9 Å². The van der Waals surface area contributed by atoms with Crippen LogP contribution >= 0.6 is 0 Å². The summed E-state index contributed by atoms with van der Waals surface area (Å²) >= 11 is 0. The van der Waals surface area contributed by atoms with E-state index in [1.54, 1.807) is 7.05 Å². The summed E-state index contributed by atoms with van der Waals surface area (Å²) in [5.74, 6) is 0.722. The van der Waals surface area contributed by atoms with Crippen LogP contribution < -0.4 is 16.6 Å². The van der Waals surface area contributed by atoms with Crippen LogP contribution in [0.15, 0.2) is 27.8 Å². The summed E-state index contributed by atoms with van der Waals surface area (Å²) in [5, 5.41) is 12.8. The molecular formula is C20H24N4O2. The maximum Gasteiger partial charge on any atom is 0.332 e. The van der Waals surface area contributed by atoms with Crippen LogP contribution in [0.3, 0.4) is 0 Å². The lowest BCUT2D eigenvalue weighted by Crippen LogP contribution is -2.40. The number of hydrogen-bond donors (Lipinski definition) is 1. The zero-order chi connectivity index (χ0) is 19.0. The van der Waals surface area contributed by atoms with E-state index in [9.17, 15) is 14.9 Å². The highest BCUT2D eigenvalue weighted by Crippen LogP contribution is 2.34. The van der Waals surface area contributed by atoms with Crippen molar-refractivity contribution in [1.82, 2.24) is 9.13 Å². The number of fused-ring (bicyclic) bond motifs is 1. The number of nitrogens with one attached hydrogen (secondary N) is 1. The van der Waals surface area contributed by atoms with Crippen molar-refractivity contribution in [2.75, 3.05) is 5.32 Å². The van der Waals surface area contributed by atoms with E-state index in [1.165, 1.54) is 28.3 Å². The van der Waals surface area contributed by atoms with Crippen molar-refractivity contribution in [1.29, 1.82) is 5.26 Å². The first-order valence-corrected chi connectivity index (χ1v) is 8.94. The summed E-state index contributed by atoms with van der Waals surface area (Å²) in [6.45, 7) is 4.32. The molecule has 0 unspecified atom stereocenters. The van der Waals surface area contributed by atoms with Crippen LogP contribution in [0.2, 0.25) is 0 Å². The first kappa shape index (κ1) is 18.0. The molecule has 26 heavy (non-hydrogen) atoms. The number of nitrogens with zero attached hydrogens (tertiary/aromatic N) is 3. The fourth-order valence-corrected chi connectivity index (χ4v) is 3.61. The average Bonchev–Trinajstić information content (AvgIpc) is 2.64. The number of aryl methyl sites for hydroxylation is 1. The topological polar surface area (TPSA) is 79.8 Å². The molecule has 136 valence electrons. The van der Waals surface area contributed by atoms with Crippen LogP contribution in [0.1, 0.15) is 60.9 Å². The van der Waals surface area contributed by atoms with Gasteiger partial charge in [-0.2, -0.15) is 5.26 Å². The predicted octanol–water partition coefficient (Wildman–Crippen LogP) is 2.57. The van der Waals surface area contributed by atoms with Gasteiger partial charge in [0.25, 0.3) is 5.56 Å². The third-order valence-corrected chi connectivity index (χ3v) is 5.24. The van der Waals surface area contributed by atoms with Crippen molar-refractivity contribution < 1.29 is 0 Å². The highest BCUT2D eigenvalue weighted by Gasteiger charge is 2.24. The molecule has 6 nitrogen and oxygen atoms in total. The fourth-order valence-electron chi connectivity index (χ4n) is 3.61. The fraction of sp³-hybridized carbons (Fsp3) is 0.450. The molecule has 0 amide bonds. The van der Waals surface area contributed by atoms with Crippen molar-refractivity contribution in [2.45, 2.75) is 45.1 Å². The van der Waals surface area contributed by atoms with E-state index >= 15 is 0 Å². The van der Waals surface area contributed by atoms with Crippen molar-refractivity contribution in [3.05, 3.63) is 61.3 Å². The maximum absolute atomic E-state index is 12.3. The van der Waals surface area contributed by atoms with Crippen molar-refractivity contribution in [2.24, 2.45) is 14.1 Å². The largest absolute Gasteiger partial charge is 0.363 e. The molecule has 1 aliphatic carbocycles. The van der Waals surface area contributed by atoms with Crippen LogP contribution in [-0.4, -0.2) is 9.13 Å². The Labute approximate surface area is 152 Å². The Morgan fingerprint density at radius 2 is 1.96 bits per heavy atom. The molecule has 3 rings (SSSR count). The molecule has 0 saturated carbocycles. The molecule has 6 heteroatoms. The Bertz CT molecular complexity index is 1010. The maximum atomic E-state index is 12.3. The lowest BCUT2D eigenvalue weighted by molar-refractivity contribution is 0.587. The quantitative estimate of drug-likeness (QED) is 0.921. The summed E-state index contributed by atoms with van der Waals surface area (Å²) in [4.78, 5) is 24.6. The van der Waals surface area contributed by atoms with E-state index in [0.717, 1.165) is 23.8 Å². The minimum Gasteiger partial charge on any atom is -0.363 e. The molecule has 1 aliphatic rings. The molecule has 1 atom stereocenters. The lowest BCUT2D eigenvalue weighted by atomic mass is 9.85. The number of hydrogen-bond acceptors (Lipinski definition) is 4. The van der Waals surface area contributed by atoms with Crippen LogP contribution in [0, 0.1) is 11.3 Å². The van der Waals surface area contributed by atoms with Crippen LogP contribution in [0.5, 0.6) is 0 Å². The average molecular weight is 352 g/mol. The number of nitriles is 1. The highest BCUT2D eigenvalue weighted by atomic mass is 16.2. The van der Waals surface area contributed by atoms with Gasteiger partial charge >= 0.3 is 5.69 Å². The monoisotopic (exact) mass is 352 g/mol. The highest BCUT2D eigenvalue weighted by molar-refractivity contribution is 5.53. The van der Waals surface area contributed by atoms with Gasteiger partial charge in [0.05, 0.1) is 6.04 Å². The Morgan fingerprint density at radius 1 is 1.23 bits per heavy atom. The zero-order valence-corrected chi connectivity index (χ0v) is 15.7. The molecular weight excluding hydrogens is 328 g/mol. The third-order valence-electron chi connectivity index (χ3n) is 5.24. The molecule has 0 bridgehead atoms. The van der Waals surface area contributed by atoms with Gasteiger partial charge in [0.2, 0.25) is 0 Å². The summed E-state index contributed by atoms with van der Waals surface area (Å²) in [5.41, 5.74) is 2.70. The molecule has 0 fully saturated rings. The number of aromatic nitrogens is 2. The van der Waals surface area contributed by atoms with E-state index in [2.05, 4.69) is 37.4 Å². The minimum absolute atomic E-state index is 0.0257. The lowest BCUT2D eigenvalue weighted by Gasteiger charge is -2.29. The van der Waals surface area contributed by atoms with Crippen LogP contribution in [-0.2, 0) is 20.5 Å². The Kier molecular flexibility index (Phi) is 4.73. The van der Waals surface area contributed by atoms with Gasteiger partial charge < -0.3 is 5.32 Å². The van der Waals surface area contributed by atoms with E-state index in [1.807, 2.05) is 6.07 Å². The predicted molar refractivity (Wildman–Crippen MR) is 101 cm³/mol. The molecule has 1 heterocycles. The third kappa shape index (κ3) is 2.94. The zero-order valence-electron chi connectivity index (χ0n) is 15.7. The Hall–Kier alpha value is -2.81. The van der Waals surface area contributed by atoms with Gasteiger partial charge in [0.15, 0.2) is 5.56 Å². The van der Waals surface area contributed by atoms with Crippen LogP contribution in [0.4, 0.5) is 5.82 Å². The van der Waals surface area contributed by atoms with Gasteiger partial charge in [-0.25, -0.2) is 4.79 Å². The number of anilines is 1. The molecule has 0 spiro atoms. The smallest absolute Gasteiger partial charge is 0.332 e. The number of rotatable bonds is 3. The first-order chi connectivity index (χ1) is 12.3. The summed E-state index contributed by atoms with van der Waals surface area (Å²) in [6.07, 6.45) is 2.93. The van der Waals surface area contributed by atoms with Gasteiger partial charge in [-0.1, -0.05) is 32.0 Å². The molecule has 0 radical (unpaired) electrons. The SMILES string of the molecule is CC(C)c1ccc2c(c1)[C@H](Nc1c(C#N)c(=O)n(C)c(=O)n1C)CCC2. The molecule has 0 aliphatic heterocycles. The van der Waals surface area contributed by atoms with Gasteiger partial charge in [0.1, 0.15) is 11.9 Å². The normalized spacial score (nSPS) is 16.2. The summed E-state index contributed by atoms with van der Waals surface area (Å²) < 4.78 is 2.32. The molecule has 1 N–H and O–H groups in total. The van der Waals surface area contributed by atoms with Gasteiger partial charge in [0, 0.05) is 14.1 Å². The number of benzene rings is 1. The Morgan fingerprint density at radius 3 is 2.62 bits per heavy atom. The molecule has 1 aromatic heterocycles. The molecule has 1 aromatic carbocycles. The van der Waals surface area contributed by atoms with Crippen molar-refractivity contribution in [3.63, 3.8) is 0 Å². The second kappa shape index (κ2) is 6.83. The van der Waals surface area contributed by atoms with Crippen molar-refractivity contribution >= 4 is 5.82 Å². The second-order valence-electron chi connectivity index (χ2n) is 7.24. The van der Waals surface area contributed by atoms with E-state index in [0.29, 0.717) is 11.7 Å². The minimum atomic E-state index is -0.565. The van der Waals surface area contributed by atoms with Gasteiger partial charge in [-0.15, -0.1) is 0 Å². The second-order valence-corrected chi connectivity index (χ2v) is 7.24. The standard InChI is InChI=1S/C20H24N4O2/c1-12(2)14-9-8-13-6-5-7-17(15(13)10-14)22-18-16(11-21)19(25)24(4)20(26)23(18)3/h8-10,12,17,22H,5-7H2,1-4H3/t17-/m1/s1. The molecule has 2 aromatic rings. The van der Waals surface area contributed by atoms with E-state index < -0.39 is 11.2 Å². The molecule has 0 saturated heterocycles. The van der Waals surface area contributed by atoms with E-state index in [4.69, 9.17) is 0 Å². The van der Waals surface area contributed by atoms with Crippen LogP contribution in [0.25, 0.3) is 0 Å². The van der Waals surface area contributed by atoms with Crippen molar-refractivity contribution in [3.8, 4) is 6.07 Å². The van der Waals surface area contributed by atoms with Gasteiger partial charge in [-0.05, 0) is 41.9 Å². The first-order valence-electron chi connectivity index (χ1n) is 8.94. The summed E-state index contributed by atoms with van der Waals surface area (Å²) in [6, 6.07) is 8.49. The summed E-state index contributed by atoms with van der Waals surface area (Å²) in [7, 11) is 2.97. The Balaban J connectivity index is 2.10. The van der Waals surface area contributed by atoms with E-state index in [-0.39, 0.29) is 11.6 Å².